The molecule has 1 aliphatic rings. The fourth-order valence-corrected chi connectivity index (χ4v) is 3.11. The highest BCUT2D eigenvalue weighted by Crippen LogP contribution is 2.20. The number of hydrogen-bond acceptors (Lipinski definition) is 3. The molecule has 0 aliphatic carbocycles. The Hall–Kier alpha value is -1.75. The number of carbonyl (C=O) groups excluding carboxylic acids is 1. The lowest BCUT2D eigenvalue weighted by Gasteiger charge is -2.19. The van der Waals surface area contributed by atoms with Crippen molar-refractivity contribution in [1.29, 1.82) is 0 Å². The SMILES string of the molecule is CCOc1ccc(CNC(=O)N2CCC(CN(C)C)C2)cc1C. The van der Waals surface area contributed by atoms with Gasteiger partial charge in [0.1, 0.15) is 5.75 Å². The van der Waals surface area contributed by atoms with Crippen molar-refractivity contribution in [2.45, 2.75) is 26.8 Å². The fraction of sp³-hybridized carbons (Fsp3) is 0.611. The van der Waals surface area contributed by atoms with Crippen LogP contribution in [0.25, 0.3) is 0 Å². The van der Waals surface area contributed by atoms with E-state index in [4.69, 9.17) is 4.74 Å². The van der Waals surface area contributed by atoms with Crippen LogP contribution in [0.15, 0.2) is 18.2 Å². The summed E-state index contributed by atoms with van der Waals surface area (Å²) in [6.07, 6.45) is 1.09. The maximum atomic E-state index is 12.3. The Morgan fingerprint density at radius 3 is 2.87 bits per heavy atom. The summed E-state index contributed by atoms with van der Waals surface area (Å²) < 4.78 is 5.54. The Kier molecular flexibility index (Phi) is 6.28. The number of likely N-dealkylation sites (tertiary alicyclic amines) is 1. The van der Waals surface area contributed by atoms with E-state index >= 15 is 0 Å². The minimum atomic E-state index is 0.0396. The monoisotopic (exact) mass is 319 g/mol. The molecule has 1 aliphatic heterocycles. The number of nitrogens with zero attached hydrogens (tertiary/aromatic N) is 2. The molecule has 0 spiro atoms. The molecule has 0 bridgehead atoms. The van der Waals surface area contributed by atoms with Crippen molar-refractivity contribution in [1.82, 2.24) is 15.1 Å². The predicted molar refractivity (Wildman–Crippen MR) is 92.8 cm³/mol. The molecule has 2 amide bonds. The van der Waals surface area contributed by atoms with E-state index < -0.39 is 0 Å². The molecule has 1 saturated heterocycles. The summed E-state index contributed by atoms with van der Waals surface area (Å²) in [7, 11) is 4.16. The summed E-state index contributed by atoms with van der Waals surface area (Å²) in [6, 6.07) is 6.10. The van der Waals surface area contributed by atoms with E-state index in [1.807, 2.05) is 30.9 Å². The molecule has 1 heterocycles. The van der Waals surface area contributed by atoms with E-state index in [0.717, 1.165) is 42.9 Å². The number of nitrogens with one attached hydrogen (secondary N) is 1. The van der Waals surface area contributed by atoms with Gasteiger partial charge in [-0.2, -0.15) is 0 Å². The van der Waals surface area contributed by atoms with Crippen LogP contribution in [0, 0.1) is 12.8 Å². The van der Waals surface area contributed by atoms with Crippen molar-refractivity contribution in [3.63, 3.8) is 0 Å². The molecule has 0 aromatic heterocycles. The van der Waals surface area contributed by atoms with Gasteiger partial charge in [-0.3, -0.25) is 0 Å². The highest BCUT2D eigenvalue weighted by Gasteiger charge is 2.26. The molecule has 128 valence electrons. The summed E-state index contributed by atoms with van der Waals surface area (Å²) in [5.41, 5.74) is 2.20. The van der Waals surface area contributed by atoms with Crippen molar-refractivity contribution in [2.24, 2.45) is 5.92 Å². The first-order chi connectivity index (χ1) is 11.0. The van der Waals surface area contributed by atoms with Crippen LogP contribution in [0.4, 0.5) is 4.79 Å². The van der Waals surface area contributed by atoms with E-state index in [9.17, 15) is 4.79 Å². The zero-order valence-corrected chi connectivity index (χ0v) is 14.8. The zero-order valence-electron chi connectivity index (χ0n) is 14.8. The van der Waals surface area contributed by atoms with Crippen molar-refractivity contribution < 1.29 is 9.53 Å². The van der Waals surface area contributed by atoms with Crippen LogP contribution >= 0.6 is 0 Å². The number of urea groups is 1. The number of rotatable bonds is 6. The van der Waals surface area contributed by atoms with E-state index in [0.29, 0.717) is 19.1 Å². The molecule has 23 heavy (non-hydrogen) atoms. The van der Waals surface area contributed by atoms with Crippen molar-refractivity contribution in [3.8, 4) is 5.75 Å². The van der Waals surface area contributed by atoms with Crippen LogP contribution < -0.4 is 10.1 Å². The third-order valence-electron chi connectivity index (χ3n) is 4.18. The third-order valence-corrected chi connectivity index (χ3v) is 4.18. The maximum Gasteiger partial charge on any atom is 0.317 e. The largest absolute Gasteiger partial charge is 0.494 e. The standard InChI is InChI=1S/C18H29N3O2/c1-5-23-17-7-6-15(10-14(17)2)11-19-18(22)21-9-8-16(13-21)12-20(3)4/h6-7,10,16H,5,8-9,11-13H2,1-4H3,(H,19,22). The number of benzene rings is 1. The van der Waals surface area contributed by atoms with Gasteiger partial charge < -0.3 is 19.9 Å². The number of ether oxygens (including phenoxy) is 1. The minimum absolute atomic E-state index is 0.0396. The molecule has 1 fully saturated rings. The molecule has 1 N–H and O–H groups in total. The van der Waals surface area contributed by atoms with Gasteiger partial charge in [-0.05, 0) is 57.5 Å². The van der Waals surface area contributed by atoms with Gasteiger partial charge >= 0.3 is 6.03 Å². The lowest BCUT2D eigenvalue weighted by molar-refractivity contribution is 0.205. The van der Waals surface area contributed by atoms with Crippen LogP contribution in [0.1, 0.15) is 24.5 Å². The second-order valence-electron chi connectivity index (χ2n) is 6.55. The van der Waals surface area contributed by atoms with Crippen LogP contribution in [0.5, 0.6) is 5.75 Å². The first-order valence-electron chi connectivity index (χ1n) is 8.39. The lowest BCUT2D eigenvalue weighted by atomic mass is 10.1. The van der Waals surface area contributed by atoms with Crippen molar-refractivity contribution in [2.75, 3.05) is 40.3 Å². The van der Waals surface area contributed by atoms with Gasteiger partial charge in [0.15, 0.2) is 0 Å². The Balaban J connectivity index is 1.82. The topological polar surface area (TPSA) is 44.8 Å². The zero-order chi connectivity index (χ0) is 16.8. The molecule has 1 unspecified atom stereocenters. The van der Waals surface area contributed by atoms with Crippen molar-refractivity contribution >= 4 is 6.03 Å². The summed E-state index contributed by atoms with van der Waals surface area (Å²) in [6.45, 7) is 7.98. The quantitative estimate of drug-likeness (QED) is 0.876. The summed E-state index contributed by atoms with van der Waals surface area (Å²) >= 11 is 0. The van der Waals surface area contributed by atoms with E-state index in [2.05, 4.69) is 30.4 Å². The molecule has 1 aromatic carbocycles. The van der Waals surface area contributed by atoms with Gasteiger partial charge in [-0.1, -0.05) is 12.1 Å². The molecular formula is C18H29N3O2. The Labute approximate surface area is 139 Å². The molecular weight excluding hydrogens is 290 g/mol. The normalized spacial score (nSPS) is 17.6. The average molecular weight is 319 g/mol. The molecule has 2 rings (SSSR count). The fourth-order valence-electron chi connectivity index (χ4n) is 3.11. The number of aryl methyl sites for hydroxylation is 1. The molecule has 5 heteroatoms. The van der Waals surface area contributed by atoms with E-state index in [1.165, 1.54) is 0 Å². The smallest absolute Gasteiger partial charge is 0.317 e. The second kappa shape index (κ2) is 8.20. The van der Waals surface area contributed by atoms with Crippen LogP contribution in [-0.2, 0) is 6.54 Å². The van der Waals surface area contributed by atoms with Crippen molar-refractivity contribution in [3.05, 3.63) is 29.3 Å². The summed E-state index contributed by atoms with van der Waals surface area (Å²) in [5, 5.41) is 3.03. The average Bonchev–Trinajstić information content (AvgIpc) is 2.95. The molecule has 1 atom stereocenters. The summed E-state index contributed by atoms with van der Waals surface area (Å²) in [5.74, 6) is 1.50. The Morgan fingerprint density at radius 1 is 1.43 bits per heavy atom. The van der Waals surface area contributed by atoms with E-state index in [-0.39, 0.29) is 6.03 Å². The van der Waals surface area contributed by atoms with Gasteiger partial charge in [0.05, 0.1) is 6.61 Å². The molecule has 5 nitrogen and oxygen atoms in total. The number of carbonyl (C=O) groups is 1. The van der Waals surface area contributed by atoms with Crippen LogP contribution in [0.3, 0.4) is 0 Å². The van der Waals surface area contributed by atoms with Crippen LogP contribution in [0.2, 0.25) is 0 Å². The first-order valence-corrected chi connectivity index (χ1v) is 8.39. The minimum Gasteiger partial charge on any atom is -0.494 e. The second-order valence-corrected chi connectivity index (χ2v) is 6.55. The van der Waals surface area contributed by atoms with Gasteiger partial charge in [0, 0.05) is 26.2 Å². The Morgan fingerprint density at radius 2 is 2.22 bits per heavy atom. The van der Waals surface area contributed by atoms with Gasteiger partial charge in [0.25, 0.3) is 0 Å². The van der Waals surface area contributed by atoms with E-state index in [1.54, 1.807) is 0 Å². The van der Waals surface area contributed by atoms with Gasteiger partial charge in [-0.15, -0.1) is 0 Å². The summed E-state index contributed by atoms with van der Waals surface area (Å²) in [4.78, 5) is 16.4. The molecule has 1 aromatic rings. The molecule has 0 radical (unpaired) electrons. The Bertz CT molecular complexity index is 531. The van der Waals surface area contributed by atoms with Crippen LogP contribution in [-0.4, -0.2) is 56.2 Å². The predicted octanol–water partition coefficient (Wildman–Crippen LogP) is 2.49. The highest BCUT2D eigenvalue weighted by atomic mass is 16.5. The maximum absolute atomic E-state index is 12.3. The third kappa shape index (κ3) is 5.13. The first kappa shape index (κ1) is 17.6. The lowest BCUT2D eigenvalue weighted by Crippen LogP contribution is -2.38. The van der Waals surface area contributed by atoms with Gasteiger partial charge in [0.2, 0.25) is 0 Å². The van der Waals surface area contributed by atoms with Gasteiger partial charge in [-0.25, -0.2) is 4.79 Å². The number of amides is 2. The number of hydrogen-bond donors (Lipinski definition) is 1. The molecule has 0 saturated carbocycles. The highest BCUT2D eigenvalue weighted by molar-refractivity contribution is 5.74.